The van der Waals surface area contributed by atoms with E-state index in [0.29, 0.717) is 17.0 Å². The molecule has 162 valence electrons. The van der Waals surface area contributed by atoms with Crippen LogP contribution in [-0.4, -0.2) is 20.7 Å². The molecule has 0 unspecified atom stereocenters. The van der Waals surface area contributed by atoms with Gasteiger partial charge in [0.1, 0.15) is 10.8 Å². The monoisotopic (exact) mass is 451 g/mol. The number of nitrogen functional groups attached to an aromatic ring is 1. The Morgan fingerprint density at radius 1 is 1.12 bits per heavy atom. The number of aryl methyl sites for hydroxylation is 1. The van der Waals surface area contributed by atoms with Crippen molar-refractivity contribution in [3.05, 3.63) is 88.6 Å². The van der Waals surface area contributed by atoms with E-state index in [1.807, 2.05) is 37.3 Å². The van der Waals surface area contributed by atoms with Crippen LogP contribution in [0.3, 0.4) is 0 Å². The van der Waals surface area contributed by atoms with Gasteiger partial charge in [0, 0.05) is 24.0 Å². The van der Waals surface area contributed by atoms with Crippen molar-refractivity contribution in [2.45, 2.75) is 13.8 Å². The minimum Gasteiger partial charge on any atom is -0.453 e. The normalized spacial score (nSPS) is 10.8. The molecule has 0 aliphatic carbocycles. The molecule has 0 aliphatic heterocycles. The fourth-order valence-electron chi connectivity index (χ4n) is 3.29. The molecule has 3 N–H and O–H groups in total. The zero-order valence-corrected chi connectivity index (χ0v) is 18.0. The number of ether oxygens (including phenoxy) is 1. The lowest BCUT2D eigenvalue weighted by atomic mass is 10.1. The number of rotatable bonds is 5. The topological polar surface area (TPSA) is 95.1 Å². The van der Waals surface area contributed by atoms with Crippen LogP contribution >= 0.6 is 11.6 Å². The number of amides is 1. The Balaban J connectivity index is 1.55. The van der Waals surface area contributed by atoms with E-state index in [9.17, 15) is 9.18 Å². The molecule has 0 saturated carbocycles. The average Bonchev–Trinajstić information content (AvgIpc) is 3.07. The van der Waals surface area contributed by atoms with Crippen LogP contribution in [0.5, 0.6) is 11.5 Å². The Labute approximate surface area is 188 Å². The highest BCUT2D eigenvalue weighted by Gasteiger charge is 2.20. The van der Waals surface area contributed by atoms with Gasteiger partial charge in [-0.3, -0.25) is 4.79 Å². The first-order valence-corrected chi connectivity index (χ1v) is 10.0. The zero-order chi connectivity index (χ0) is 22.8. The predicted molar refractivity (Wildman–Crippen MR) is 121 cm³/mol. The maximum atomic E-state index is 14.6. The Morgan fingerprint density at radius 2 is 1.88 bits per heavy atom. The smallest absolute Gasteiger partial charge is 0.259 e. The molecule has 32 heavy (non-hydrogen) atoms. The molecule has 2 aromatic heterocycles. The lowest BCUT2D eigenvalue weighted by Gasteiger charge is -2.11. The Hall–Kier alpha value is -3.91. The minimum atomic E-state index is -0.678. The van der Waals surface area contributed by atoms with Gasteiger partial charge in [-0.25, -0.2) is 14.1 Å². The van der Waals surface area contributed by atoms with E-state index in [4.69, 9.17) is 22.1 Å². The van der Waals surface area contributed by atoms with Crippen molar-refractivity contribution in [2.75, 3.05) is 11.1 Å². The van der Waals surface area contributed by atoms with Crippen molar-refractivity contribution in [1.82, 2.24) is 14.8 Å². The van der Waals surface area contributed by atoms with Crippen LogP contribution in [0.25, 0.3) is 5.69 Å². The number of carbonyl (C=O) groups is 1. The fraction of sp³-hybridized carbons (Fsp3) is 0.0870. The minimum absolute atomic E-state index is 0.0697. The summed E-state index contributed by atoms with van der Waals surface area (Å²) in [5.41, 5.74) is 8.42. The third-order valence-corrected chi connectivity index (χ3v) is 5.19. The van der Waals surface area contributed by atoms with Crippen LogP contribution in [-0.2, 0) is 0 Å². The third kappa shape index (κ3) is 4.13. The number of aromatic nitrogens is 3. The molecule has 7 nitrogen and oxygen atoms in total. The average molecular weight is 452 g/mol. The third-order valence-electron chi connectivity index (χ3n) is 4.81. The second-order valence-electron chi connectivity index (χ2n) is 7.00. The van der Waals surface area contributed by atoms with E-state index in [1.54, 1.807) is 11.6 Å². The summed E-state index contributed by atoms with van der Waals surface area (Å²) in [5, 5.41) is 7.27. The van der Waals surface area contributed by atoms with Crippen molar-refractivity contribution < 1.29 is 13.9 Å². The maximum absolute atomic E-state index is 14.6. The van der Waals surface area contributed by atoms with Crippen molar-refractivity contribution in [1.29, 1.82) is 0 Å². The molecular weight excluding hydrogens is 433 g/mol. The number of halogens is 2. The number of nitrogens with one attached hydrogen (secondary N) is 1. The van der Waals surface area contributed by atoms with E-state index in [1.165, 1.54) is 24.4 Å². The number of benzene rings is 2. The summed E-state index contributed by atoms with van der Waals surface area (Å²) in [6, 6.07) is 15.1. The van der Waals surface area contributed by atoms with Gasteiger partial charge in [0.05, 0.1) is 22.6 Å². The number of anilines is 2. The van der Waals surface area contributed by atoms with Gasteiger partial charge in [0.2, 0.25) is 0 Å². The first-order chi connectivity index (χ1) is 15.3. The number of nitrogens with zero attached hydrogens (tertiary/aromatic N) is 3. The van der Waals surface area contributed by atoms with Gasteiger partial charge < -0.3 is 15.8 Å². The number of nitrogens with two attached hydrogens (primary N) is 1. The lowest BCUT2D eigenvalue weighted by Crippen LogP contribution is -2.14. The number of pyridine rings is 1. The first-order valence-electron chi connectivity index (χ1n) is 9.65. The van der Waals surface area contributed by atoms with Crippen molar-refractivity contribution in [3.8, 4) is 17.2 Å². The molecule has 0 atom stereocenters. The van der Waals surface area contributed by atoms with Crippen LogP contribution in [0.4, 0.5) is 15.9 Å². The van der Waals surface area contributed by atoms with Crippen LogP contribution in [0.1, 0.15) is 21.7 Å². The second kappa shape index (κ2) is 8.68. The number of para-hydroxylation sites is 1. The van der Waals surface area contributed by atoms with Gasteiger partial charge >= 0.3 is 0 Å². The number of hydrogen-bond donors (Lipinski definition) is 2. The van der Waals surface area contributed by atoms with Gasteiger partial charge in [-0.15, -0.1) is 0 Å². The molecular formula is C23H19ClFN5O2. The molecule has 4 aromatic rings. The van der Waals surface area contributed by atoms with E-state index < -0.39 is 5.82 Å². The lowest BCUT2D eigenvalue weighted by molar-refractivity contribution is 0.102. The summed E-state index contributed by atoms with van der Waals surface area (Å²) in [4.78, 5) is 16.7. The summed E-state index contributed by atoms with van der Waals surface area (Å²) in [7, 11) is 0. The molecule has 0 saturated heterocycles. The molecule has 0 fully saturated rings. The molecule has 0 spiro atoms. The van der Waals surface area contributed by atoms with E-state index in [2.05, 4.69) is 15.4 Å². The molecule has 0 bridgehead atoms. The Bertz CT molecular complexity index is 1310. The van der Waals surface area contributed by atoms with E-state index >= 15 is 0 Å². The maximum Gasteiger partial charge on any atom is 0.259 e. The van der Waals surface area contributed by atoms with Crippen LogP contribution in [0, 0.1) is 19.7 Å². The molecule has 0 aliphatic rings. The number of hydrogen-bond acceptors (Lipinski definition) is 5. The fourth-order valence-corrected chi connectivity index (χ4v) is 3.44. The quantitative estimate of drug-likeness (QED) is 0.429. The van der Waals surface area contributed by atoms with Gasteiger partial charge in [0.25, 0.3) is 5.91 Å². The van der Waals surface area contributed by atoms with Gasteiger partial charge in [-0.1, -0.05) is 29.8 Å². The molecule has 2 heterocycles. The predicted octanol–water partition coefficient (Wildman–Crippen LogP) is 5.30. The van der Waals surface area contributed by atoms with Gasteiger partial charge in [0.15, 0.2) is 17.3 Å². The largest absolute Gasteiger partial charge is 0.453 e. The summed E-state index contributed by atoms with van der Waals surface area (Å²) >= 11 is 6.04. The molecule has 2 aromatic carbocycles. The van der Waals surface area contributed by atoms with Crippen molar-refractivity contribution in [3.63, 3.8) is 0 Å². The molecule has 4 rings (SSSR count). The zero-order valence-electron chi connectivity index (χ0n) is 17.3. The summed E-state index contributed by atoms with van der Waals surface area (Å²) in [6.07, 6.45) is 1.41. The highest BCUT2D eigenvalue weighted by molar-refractivity contribution is 6.34. The van der Waals surface area contributed by atoms with E-state index in [0.717, 1.165) is 11.8 Å². The van der Waals surface area contributed by atoms with Crippen LogP contribution in [0.15, 0.2) is 60.8 Å². The highest BCUT2D eigenvalue weighted by Crippen LogP contribution is 2.34. The van der Waals surface area contributed by atoms with Gasteiger partial charge in [-0.2, -0.15) is 5.10 Å². The Morgan fingerprint density at radius 3 is 2.59 bits per heavy atom. The summed E-state index contributed by atoms with van der Waals surface area (Å²) in [6.45, 7) is 3.56. The van der Waals surface area contributed by atoms with Gasteiger partial charge in [-0.05, 0) is 38.1 Å². The molecule has 9 heteroatoms. The standard InChI is InChI=1S/C23H19ClFN5O2/c1-13-20(14(2)30(29-13)16-6-4-3-5-7-16)23(31)28-15-8-9-18(17(25)12-15)32-19-10-11-27-22(26)21(19)24/h3-12H,1-2H3,(H2,26,27)(H,28,31). The second-order valence-corrected chi connectivity index (χ2v) is 7.38. The van der Waals surface area contributed by atoms with E-state index in [-0.39, 0.29) is 33.9 Å². The van der Waals surface area contributed by atoms with Crippen molar-refractivity contribution in [2.24, 2.45) is 0 Å². The highest BCUT2D eigenvalue weighted by atomic mass is 35.5. The Kier molecular flexibility index (Phi) is 5.79. The SMILES string of the molecule is Cc1nn(-c2ccccc2)c(C)c1C(=O)Nc1ccc(Oc2ccnc(N)c2Cl)c(F)c1. The van der Waals surface area contributed by atoms with Crippen molar-refractivity contribution >= 4 is 29.0 Å². The summed E-state index contributed by atoms with van der Waals surface area (Å²) < 4.78 is 21.8. The first kappa shape index (κ1) is 21.3. The number of carbonyl (C=O) groups excluding carboxylic acids is 1. The van der Waals surface area contributed by atoms with Crippen LogP contribution in [0.2, 0.25) is 5.02 Å². The molecule has 0 radical (unpaired) electrons. The van der Waals surface area contributed by atoms with Crippen LogP contribution < -0.4 is 15.8 Å². The molecule has 1 amide bonds. The summed E-state index contributed by atoms with van der Waals surface area (Å²) in [5.74, 6) is -0.882.